The van der Waals surface area contributed by atoms with Gasteiger partial charge in [0.25, 0.3) is 0 Å². The van der Waals surface area contributed by atoms with Crippen molar-refractivity contribution >= 4 is 15.9 Å². The van der Waals surface area contributed by atoms with Gasteiger partial charge >= 0.3 is 0 Å². The molecule has 0 aliphatic heterocycles. The number of hydrogen-bond acceptors (Lipinski definition) is 2. The van der Waals surface area contributed by atoms with E-state index in [1.807, 2.05) is 13.0 Å². The Morgan fingerprint density at radius 1 is 1.53 bits per heavy atom. The van der Waals surface area contributed by atoms with Gasteiger partial charge < -0.3 is 10.4 Å². The Balaban J connectivity index is 2.41. The standard InChI is InChI=1S/C11H15BrFNO/c1-8(7-15)5-14-6-9-2-3-10(12)11(13)4-9/h2-4,8,14-15H,5-7H2,1H3. The topological polar surface area (TPSA) is 32.3 Å². The second-order valence-corrected chi connectivity index (χ2v) is 4.52. The second kappa shape index (κ2) is 6.20. The molecule has 1 unspecified atom stereocenters. The monoisotopic (exact) mass is 275 g/mol. The van der Waals surface area contributed by atoms with Crippen LogP contribution in [0.5, 0.6) is 0 Å². The molecule has 0 heterocycles. The highest BCUT2D eigenvalue weighted by Crippen LogP contribution is 2.16. The molecule has 0 aliphatic rings. The molecule has 1 aromatic carbocycles. The fourth-order valence-corrected chi connectivity index (χ4v) is 1.42. The third-order valence-corrected chi connectivity index (χ3v) is 2.76. The number of hydrogen-bond donors (Lipinski definition) is 2. The summed E-state index contributed by atoms with van der Waals surface area (Å²) in [7, 11) is 0. The van der Waals surface area contributed by atoms with Crippen LogP contribution in [-0.2, 0) is 6.54 Å². The summed E-state index contributed by atoms with van der Waals surface area (Å²) in [4.78, 5) is 0. The van der Waals surface area contributed by atoms with Gasteiger partial charge in [-0.05, 0) is 39.5 Å². The Hall–Kier alpha value is -0.450. The van der Waals surface area contributed by atoms with Crippen molar-refractivity contribution in [2.45, 2.75) is 13.5 Å². The number of halogens is 2. The summed E-state index contributed by atoms with van der Waals surface area (Å²) in [5.74, 6) is -0.0187. The zero-order valence-electron chi connectivity index (χ0n) is 8.63. The minimum Gasteiger partial charge on any atom is -0.396 e. The van der Waals surface area contributed by atoms with Crippen LogP contribution in [0.25, 0.3) is 0 Å². The van der Waals surface area contributed by atoms with Crippen LogP contribution in [0.4, 0.5) is 4.39 Å². The molecule has 0 radical (unpaired) electrons. The summed E-state index contributed by atoms with van der Waals surface area (Å²) in [6.45, 7) is 3.47. The molecule has 4 heteroatoms. The maximum absolute atomic E-state index is 13.1. The van der Waals surface area contributed by atoms with E-state index >= 15 is 0 Å². The van der Waals surface area contributed by atoms with Gasteiger partial charge in [-0.2, -0.15) is 0 Å². The molecule has 0 aromatic heterocycles. The minimum absolute atomic E-state index is 0.168. The van der Waals surface area contributed by atoms with Crippen molar-refractivity contribution in [2.24, 2.45) is 5.92 Å². The van der Waals surface area contributed by atoms with E-state index in [1.165, 1.54) is 6.07 Å². The van der Waals surface area contributed by atoms with E-state index in [-0.39, 0.29) is 18.3 Å². The Labute approximate surface area is 97.6 Å². The summed E-state index contributed by atoms with van der Waals surface area (Å²) < 4.78 is 13.6. The Morgan fingerprint density at radius 3 is 2.87 bits per heavy atom. The molecule has 0 aliphatic carbocycles. The zero-order valence-corrected chi connectivity index (χ0v) is 10.2. The fourth-order valence-electron chi connectivity index (χ4n) is 1.18. The maximum atomic E-state index is 13.1. The van der Waals surface area contributed by atoms with E-state index < -0.39 is 0 Å². The zero-order chi connectivity index (χ0) is 11.3. The highest BCUT2D eigenvalue weighted by molar-refractivity contribution is 9.10. The van der Waals surface area contributed by atoms with E-state index in [9.17, 15) is 4.39 Å². The van der Waals surface area contributed by atoms with Crippen molar-refractivity contribution in [3.63, 3.8) is 0 Å². The summed E-state index contributed by atoms with van der Waals surface area (Å²) in [6, 6.07) is 5.06. The molecule has 0 spiro atoms. The average Bonchev–Trinajstić information content (AvgIpc) is 2.23. The molecule has 0 amide bonds. The third-order valence-electron chi connectivity index (χ3n) is 2.12. The molecule has 84 valence electrons. The first-order valence-corrected chi connectivity index (χ1v) is 5.68. The summed E-state index contributed by atoms with van der Waals surface area (Å²) >= 11 is 3.10. The highest BCUT2D eigenvalue weighted by atomic mass is 79.9. The lowest BCUT2D eigenvalue weighted by atomic mass is 10.2. The van der Waals surface area contributed by atoms with Crippen molar-refractivity contribution in [3.8, 4) is 0 Å². The number of nitrogens with one attached hydrogen (secondary N) is 1. The highest BCUT2D eigenvalue weighted by Gasteiger charge is 2.02. The minimum atomic E-state index is -0.246. The fraction of sp³-hybridized carbons (Fsp3) is 0.455. The van der Waals surface area contributed by atoms with E-state index in [0.29, 0.717) is 11.0 Å². The van der Waals surface area contributed by atoms with Crippen molar-refractivity contribution in [3.05, 3.63) is 34.1 Å². The van der Waals surface area contributed by atoms with E-state index in [4.69, 9.17) is 5.11 Å². The molecule has 0 bridgehead atoms. The predicted molar refractivity (Wildman–Crippen MR) is 62.1 cm³/mol. The predicted octanol–water partition coefficient (Wildman–Crippen LogP) is 2.31. The van der Waals surface area contributed by atoms with Crippen LogP contribution in [-0.4, -0.2) is 18.3 Å². The van der Waals surface area contributed by atoms with Crippen LogP contribution in [0.1, 0.15) is 12.5 Å². The van der Waals surface area contributed by atoms with E-state index in [1.54, 1.807) is 6.07 Å². The molecule has 1 aromatic rings. The number of aliphatic hydroxyl groups is 1. The van der Waals surface area contributed by atoms with Crippen LogP contribution < -0.4 is 5.32 Å². The maximum Gasteiger partial charge on any atom is 0.137 e. The molecular formula is C11H15BrFNO. The molecule has 0 saturated heterocycles. The lowest BCUT2D eigenvalue weighted by molar-refractivity contribution is 0.233. The average molecular weight is 276 g/mol. The van der Waals surface area contributed by atoms with Gasteiger partial charge in [0.15, 0.2) is 0 Å². The van der Waals surface area contributed by atoms with Crippen LogP contribution in [0.15, 0.2) is 22.7 Å². The molecular weight excluding hydrogens is 261 g/mol. The molecule has 2 nitrogen and oxygen atoms in total. The molecule has 1 rings (SSSR count). The Morgan fingerprint density at radius 2 is 2.27 bits per heavy atom. The smallest absolute Gasteiger partial charge is 0.137 e. The number of rotatable bonds is 5. The quantitative estimate of drug-likeness (QED) is 0.865. The van der Waals surface area contributed by atoms with Gasteiger partial charge in [-0.1, -0.05) is 13.0 Å². The first-order chi connectivity index (χ1) is 7.13. The normalized spacial score (nSPS) is 12.8. The van der Waals surface area contributed by atoms with Gasteiger partial charge in [-0.25, -0.2) is 4.39 Å². The lowest BCUT2D eigenvalue weighted by Crippen LogP contribution is -2.22. The first kappa shape index (κ1) is 12.6. The summed E-state index contributed by atoms with van der Waals surface area (Å²) in [5, 5.41) is 12.0. The molecule has 0 saturated carbocycles. The van der Waals surface area contributed by atoms with Crippen LogP contribution >= 0.6 is 15.9 Å². The third kappa shape index (κ3) is 4.28. The number of aliphatic hydroxyl groups excluding tert-OH is 1. The largest absolute Gasteiger partial charge is 0.396 e. The molecule has 15 heavy (non-hydrogen) atoms. The Kier molecular flexibility index (Phi) is 5.22. The lowest BCUT2D eigenvalue weighted by Gasteiger charge is -2.09. The van der Waals surface area contributed by atoms with Crippen molar-refractivity contribution < 1.29 is 9.50 Å². The second-order valence-electron chi connectivity index (χ2n) is 3.67. The van der Waals surface area contributed by atoms with Gasteiger partial charge in [-0.3, -0.25) is 0 Å². The Bertz CT molecular complexity index is 319. The van der Waals surface area contributed by atoms with Crippen LogP contribution in [0, 0.1) is 11.7 Å². The van der Waals surface area contributed by atoms with Crippen molar-refractivity contribution in [2.75, 3.05) is 13.2 Å². The molecule has 0 fully saturated rings. The van der Waals surface area contributed by atoms with Crippen molar-refractivity contribution in [1.29, 1.82) is 0 Å². The SMILES string of the molecule is CC(CO)CNCc1ccc(Br)c(F)c1. The van der Waals surface area contributed by atoms with Crippen LogP contribution in [0.3, 0.4) is 0 Å². The van der Waals surface area contributed by atoms with Gasteiger partial charge in [-0.15, -0.1) is 0 Å². The van der Waals surface area contributed by atoms with E-state index in [0.717, 1.165) is 12.1 Å². The summed E-state index contributed by atoms with van der Waals surface area (Å²) in [6.07, 6.45) is 0. The van der Waals surface area contributed by atoms with Gasteiger partial charge in [0.1, 0.15) is 5.82 Å². The summed E-state index contributed by atoms with van der Waals surface area (Å²) in [5.41, 5.74) is 0.904. The molecule has 2 N–H and O–H groups in total. The number of benzene rings is 1. The van der Waals surface area contributed by atoms with Gasteiger partial charge in [0, 0.05) is 19.7 Å². The van der Waals surface area contributed by atoms with Gasteiger partial charge in [0.05, 0.1) is 4.47 Å². The van der Waals surface area contributed by atoms with Gasteiger partial charge in [0.2, 0.25) is 0 Å². The van der Waals surface area contributed by atoms with Crippen molar-refractivity contribution in [1.82, 2.24) is 5.32 Å². The van der Waals surface area contributed by atoms with E-state index in [2.05, 4.69) is 21.2 Å². The molecule has 1 atom stereocenters. The first-order valence-electron chi connectivity index (χ1n) is 4.89. The van der Waals surface area contributed by atoms with Crippen LogP contribution in [0.2, 0.25) is 0 Å².